The molecular formula is C25H30FN5O2. The van der Waals surface area contributed by atoms with Gasteiger partial charge in [0.25, 0.3) is 5.56 Å². The zero-order chi connectivity index (χ0) is 23.7. The summed E-state index contributed by atoms with van der Waals surface area (Å²) < 4.78 is 16.2. The average molecular weight is 452 g/mol. The monoisotopic (exact) mass is 451 g/mol. The van der Waals surface area contributed by atoms with Crippen molar-refractivity contribution in [3.05, 3.63) is 52.8 Å². The third kappa shape index (κ3) is 4.89. The number of anilines is 1. The van der Waals surface area contributed by atoms with Gasteiger partial charge in [-0.2, -0.15) is 0 Å². The van der Waals surface area contributed by atoms with Crippen molar-refractivity contribution in [1.29, 1.82) is 0 Å². The van der Waals surface area contributed by atoms with Crippen LogP contribution in [0.25, 0.3) is 22.5 Å². The zero-order valence-corrected chi connectivity index (χ0v) is 19.5. The molecule has 0 amide bonds. The van der Waals surface area contributed by atoms with Gasteiger partial charge >= 0.3 is 0 Å². The van der Waals surface area contributed by atoms with E-state index in [4.69, 9.17) is 0 Å². The Morgan fingerprint density at radius 1 is 1.03 bits per heavy atom. The Morgan fingerprint density at radius 2 is 1.73 bits per heavy atom. The molecule has 2 aromatic heterocycles. The maximum Gasteiger partial charge on any atom is 0.253 e. The normalized spacial score (nSPS) is 20.9. The molecule has 4 rings (SSSR count). The fourth-order valence-corrected chi connectivity index (χ4v) is 4.56. The molecule has 7 nitrogen and oxygen atoms in total. The second-order valence-electron chi connectivity index (χ2n) is 9.37. The summed E-state index contributed by atoms with van der Waals surface area (Å²) in [6, 6.07) is 7.70. The number of phenols is 1. The van der Waals surface area contributed by atoms with Crippen LogP contribution in [0.5, 0.6) is 5.75 Å². The molecule has 2 heterocycles. The lowest BCUT2D eigenvalue weighted by atomic mass is 9.98. The second-order valence-corrected chi connectivity index (χ2v) is 9.37. The first-order valence-electron chi connectivity index (χ1n) is 11.4. The van der Waals surface area contributed by atoms with Crippen molar-refractivity contribution in [3.63, 3.8) is 0 Å². The summed E-state index contributed by atoms with van der Waals surface area (Å²) in [5.74, 6) is 1.34. The van der Waals surface area contributed by atoms with E-state index in [1.165, 1.54) is 41.9 Å². The van der Waals surface area contributed by atoms with Crippen LogP contribution >= 0.6 is 0 Å². The van der Waals surface area contributed by atoms with E-state index in [1.54, 1.807) is 13.1 Å². The van der Waals surface area contributed by atoms with Crippen LogP contribution in [-0.4, -0.2) is 37.9 Å². The Morgan fingerprint density at radius 3 is 2.33 bits per heavy atom. The number of hydrogen-bond donors (Lipinski definition) is 1. The number of phenolic OH excluding ortho intramolecular Hbond substituents is 1. The van der Waals surface area contributed by atoms with Gasteiger partial charge in [0, 0.05) is 37.3 Å². The first-order valence-corrected chi connectivity index (χ1v) is 11.4. The molecule has 8 heteroatoms. The Labute approximate surface area is 192 Å². The fourth-order valence-electron chi connectivity index (χ4n) is 4.56. The number of rotatable bonds is 4. The van der Waals surface area contributed by atoms with Gasteiger partial charge in [-0.25, -0.2) is 9.37 Å². The third-order valence-electron chi connectivity index (χ3n) is 6.68. The lowest BCUT2D eigenvalue weighted by molar-refractivity contribution is 0.446. The lowest BCUT2D eigenvalue weighted by Crippen LogP contribution is -2.34. The Kier molecular flexibility index (Phi) is 6.44. The summed E-state index contributed by atoms with van der Waals surface area (Å²) in [5.41, 5.74) is 0.501. The van der Waals surface area contributed by atoms with Crippen LogP contribution in [0.3, 0.4) is 0 Å². The van der Waals surface area contributed by atoms with Gasteiger partial charge in [-0.15, -0.1) is 10.2 Å². The topological polar surface area (TPSA) is 84.1 Å². The molecule has 174 valence electrons. The van der Waals surface area contributed by atoms with Crippen molar-refractivity contribution in [2.24, 2.45) is 18.9 Å². The number of hydrogen-bond acceptors (Lipinski definition) is 6. The predicted molar refractivity (Wildman–Crippen MR) is 127 cm³/mol. The van der Waals surface area contributed by atoms with Crippen molar-refractivity contribution < 1.29 is 9.50 Å². The van der Waals surface area contributed by atoms with Crippen LogP contribution in [0.15, 0.2) is 41.5 Å². The highest BCUT2D eigenvalue weighted by atomic mass is 19.1. The quantitative estimate of drug-likeness (QED) is 0.592. The first kappa shape index (κ1) is 22.9. The Bertz CT molecular complexity index is 1180. The smallest absolute Gasteiger partial charge is 0.253 e. The highest BCUT2D eigenvalue weighted by molar-refractivity contribution is 5.73. The second kappa shape index (κ2) is 9.29. The van der Waals surface area contributed by atoms with E-state index >= 15 is 0 Å². The summed E-state index contributed by atoms with van der Waals surface area (Å²) in [5, 5.41) is 19.2. The largest absolute Gasteiger partial charge is 0.507 e. The molecule has 0 aliphatic heterocycles. The molecule has 3 atom stereocenters. The molecule has 1 aromatic carbocycles. The minimum absolute atomic E-state index is 0.0508. The van der Waals surface area contributed by atoms with Crippen molar-refractivity contribution in [2.75, 3.05) is 11.9 Å². The van der Waals surface area contributed by atoms with E-state index in [-0.39, 0.29) is 28.1 Å². The number of aryl methyl sites for hydroxylation is 1. The molecule has 0 saturated heterocycles. The number of aromatic nitrogens is 4. The molecule has 1 aliphatic carbocycles. The van der Waals surface area contributed by atoms with E-state index in [9.17, 15) is 14.3 Å². The molecule has 0 spiro atoms. The molecular weight excluding hydrogens is 421 g/mol. The minimum atomic E-state index is -0.604. The summed E-state index contributed by atoms with van der Waals surface area (Å²) in [6.07, 6.45) is 6.06. The SMILES string of the molecule is C[C@@H]1CC[C@H](C)C[C@@H](N(C)c2ccc(-c3cc(F)c(-c4cc(=O)n(C)cn4)cc3O)nn2)C1. The van der Waals surface area contributed by atoms with Crippen LogP contribution in [-0.2, 0) is 7.05 Å². The van der Waals surface area contributed by atoms with Crippen molar-refractivity contribution in [2.45, 2.75) is 45.6 Å². The summed E-state index contributed by atoms with van der Waals surface area (Å²) >= 11 is 0. The minimum Gasteiger partial charge on any atom is -0.507 e. The van der Waals surface area contributed by atoms with Gasteiger partial charge in [-0.1, -0.05) is 26.7 Å². The molecule has 1 saturated carbocycles. The summed E-state index contributed by atoms with van der Waals surface area (Å²) in [6.45, 7) is 4.61. The van der Waals surface area contributed by atoms with Crippen molar-refractivity contribution in [1.82, 2.24) is 19.7 Å². The number of halogens is 1. The number of aromatic hydroxyl groups is 1. The molecule has 0 unspecified atom stereocenters. The van der Waals surface area contributed by atoms with Crippen LogP contribution in [0, 0.1) is 17.7 Å². The maximum atomic E-state index is 14.9. The number of benzene rings is 1. The van der Waals surface area contributed by atoms with E-state index in [1.807, 2.05) is 13.1 Å². The van der Waals surface area contributed by atoms with Gasteiger partial charge in [0.1, 0.15) is 11.6 Å². The van der Waals surface area contributed by atoms with E-state index in [2.05, 4.69) is 33.9 Å². The van der Waals surface area contributed by atoms with E-state index in [0.717, 1.165) is 18.7 Å². The van der Waals surface area contributed by atoms with Gasteiger partial charge in [-0.05, 0) is 48.9 Å². The van der Waals surface area contributed by atoms with Crippen molar-refractivity contribution >= 4 is 5.82 Å². The van der Waals surface area contributed by atoms with Crippen LogP contribution in [0.2, 0.25) is 0 Å². The van der Waals surface area contributed by atoms with Gasteiger partial charge in [0.2, 0.25) is 0 Å². The van der Waals surface area contributed by atoms with Gasteiger partial charge in [0.15, 0.2) is 5.82 Å². The fraction of sp³-hybridized carbons (Fsp3) is 0.440. The van der Waals surface area contributed by atoms with Crippen molar-refractivity contribution in [3.8, 4) is 28.3 Å². The highest BCUT2D eigenvalue weighted by Gasteiger charge is 2.25. The molecule has 1 aliphatic rings. The van der Waals surface area contributed by atoms with Gasteiger partial charge < -0.3 is 14.6 Å². The molecule has 33 heavy (non-hydrogen) atoms. The van der Waals surface area contributed by atoms with Gasteiger partial charge in [0.05, 0.1) is 17.7 Å². The Balaban J connectivity index is 1.59. The van der Waals surface area contributed by atoms with Gasteiger partial charge in [-0.3, -0.25) is 4.79 Å². The first-order chi connectivity index (χ1) is 15.7. The van der Waals surface area contributed by atoms with E-state index in [0.29, 0.717) is 23.6 Å². The van der Waals surface area contributed by atoms with Crippen LogP contribution in [0.1, 0.15) is 39.5 Å². The predicted octanol–water partition coefficient (Wildman–Crippen LogP) is 4.40. The summed E-state index contributed by atoms with van der Waals surface area (Å²) in [4.78, 5) is 18.1. The molecule has 0 radical (unpaired) electrons. The Hall–Kier alpha value is -3.29. The van der Waals surface area contributed by atoms with Crippen LogP contribution in [0.4, 0.5) is 10.2 Å². The molecule has 3 aromatic rings. The maximum absolute atomic E-state index is 14.9. The standard InChI is InChI=1S/C25H30FN5O2/c1-15-5-6-16(2)10-17(9-15)31(4)24-8-7-21(28-29-24)19-11-20(26)18(12-23(19)32)22-13-25(33)30(3)14-27-22/h7-8,11-17,32H,5-6,9-10H2,1-4H3/t15-,16+,17+. The third-order valence-corrected chi connectivity index (χ3v) is 6.68. The molecule has 1 N–H and O–H groups in total. The average Bonchev–Trinajstić information content (AvgIpc) is 2.97. The molecule has 0 bridgehead atoms. The summed E-state index contributed by atoms with van der Waals surface area (Å²) in [7, 11) is 3.61. The molecule has 1 fully saturated rings. The van der Waals surface area contributed by atoms with Crippen LogP contribution < -0.4 is 10.5 Å². The number of nitrogens with zero attached hydrogens (tertiary/aromatic N) is 5. The lowest BCUT2D eigenvalue weighted by Gasteiger charge is -2.30. The van der Waals surface area contributed by atoms with E-state index < -0.39 is 5.82 Å². The zero-order valence-electron chi connectivity index (χ0n) is 19.5. The highest BCUT2D eigenvalue weighted by Crippen LogP contribution is 2.35.